The summed E-state index contributed by atoms with van der Waals surface area (Å²) in [5, 5.41) is 0. The van der Waals surface area contributed by atoms with Gasteiger partial charge in [-0.15, -0.1) is 0 Å². The van der Waals surface area contributed by atoms with Crippen LogP contribution in [0.1, 0.15) is 18.4 Å². The van der Waals surface area contributed by atoms with Crippen molar-refractivity contribution >= 4 is 11.9 Å². The molecule has 0 unspecified atom stereocenters. The van der Waals surface area contributed by atoms with Crippen molar-refractivity contribution in [1.82, 2.24) is 0 Å². The van der Waals surface area contributed by atoms with Gasteiger partial charge in [0.1, 0.15) is 13.4 Å². The third-order valence-electron chi connectivity index (χ3n) is 3.97. The Bertz CT molecular complexity index is 515. The molecule has 0 amide bonds. The minimum absolute atomic E-state index is 0.129. The molecule has 6 heteroatoms. The molecule has 23 heavy (non-hydrogen) atoms. The number of hydrogen-bond acceptors (Lipinski definition) is 6. The number of benzene rings is 1. The van der Waals surface area contributed by atoms with Crippen molar-refractivity contribution in [3.8, 4) is 0 Å². The van der Waals surface area contributed by atoms with Gasteiger partial charge in [0.2, 0.25) is 0 Å². The van der Waals surface area contributed by atoms with Crippen LogP contribution in [0.5, 0.6) is 0 Å². The highest BCUT2D eigenvalue weighted by Gasteiger charge is 2.44. The lowest BCUT2D eigenvalue weighted by atomic mass is 9.96. The molecule has 1 aliphatic rings. The van der Waals surface area contributed by atoms with Crippen LogP contribution in [-0.2, 0) is 35.1 Å². The Hall–Kier alpha value is -1.92. The average molecular weight is 322 g/mol. The van der Waals surface area contributed by atoms with Crippen molar-refractivity contribution in [3.63, 3.8) is 0 Å². The molecule has 3 atom stereocenters. The van der Waals surface area contributed by atoms with Crippen LogP contribution in [0, 0.1) is 11.8 Å². The average Bonchev–Trinajstić information content (AvgIpc) is 3.02. The first kappa shape index (κ1) is 17.4. The van der Waals surface area contributed by atoms with Crippen molar-refractivity contribution in [3.05, 3.63) is 35.9 Å². The van der Waals surface area contributed by atoms with Gasteiger partial charge in [-0.25, -0.2) is 0 Å². The third-order valence-corrected chi connectivity index (χ3v) is 3.97. The van der Waals surface area contributed by atoms with E-state index in [0.717, 1.165) is 5.56 Å². The fraction of sp³-hybridized carbons (Fsp3) is 0.529. The normalized spacial score (nSPS) is 23.5. The van der Waals surface area contributed by atoms with Gasteiger partial charge in [-0.3, -0.25) is 9.59 Å². The molecule has 1 saturated carbocycles. The number of hydrogen-bond donors (Lipinski definition) is 0. The summed E-state index contributed by atoms with van der Waals surface area (Å²) >= 11 is 0. The molecule has 1 aromatic carbocycles. The van der Waals surface area contributed by atoms with E-state index in [4.69, 9.17) is 18.9 Å². The first-order chi connectivity index (χ1) is 11.2. The molecule has 6 nitrogen and oxygen atoms in total. The minimum atomic E-state index is -0.548. The lowest BCUT2D eigenvalue weighted by Gasteiger charge is -2.16. The van der Waals surface area contributed by atoms with Crippen LogP contribution in [-0.4, -0.2) is 39.1 Å². The van der Waals surface area contributed by atoms with Gasteiger partial charge in [-0.1, -0.05) is 30.3 Å². The fourth-order valence-electron chi connectivity index (χ4n) is 2.80. The second-order valence-corrected chi connectivity index (χ2v) is 5.50. The molecule has 0 spiro atoms. The van der Waals surface area contributed by atoms with Gasteiger partial charge < -0.3 is 18.9 Å². The van der Waals surface area contributed by atoms with Crippen molar-refractivity contribution < 1.29 is 28.5 Å². The highest BCUT2D eigenvalue weighted by molar-refractivity contribution is 5.82. The molecular weight excluding hydrogens is 300 g/mol. The van der Waals surface area contributed by atoms with Gasteiger partial charge in [-0.05, 0) is 18.4 Å². The summed E-state index contributed by atoms with van der Waals surface area (Å²) in [4.78, 5) is 24.3. The van der Waals surface area contributed by atoms with Crippen molar-refractivity contribution in [2.75, 3.05) is 21.0 Å². The molecular formula is C17H22O6. The molecule has 0 radical (unpaired) electrons. The zero-order valence-electron chi connectivity index (χ0n) is 13.4. The highest BCUT2D eigenvalue weighted by atomic mass is 16.7. The predicted octanol–water partition coefficient (Wildman–Crippen LogP) is 1.92. The van der Waals surface area contributed by atoms with Crippen LogP contribution in [0.4, 0.5) is 0 Å². The maximum Gasteiger partial charge on any atom is 0.310 e. The Kier molecular flexibility index (Phi) is 6.55. The summed E-state index contributed by atoms with van der Waals surface area (Å²) in [5.74, 6) is -1.89. The lowest BCUT2D eigenvalue weighted by Crippen LogP contribution is -2.27. The van der Waals surface area contributed by atoms with E-state index in [1.807, 2.05) is 30.3 Å². The maximum atomic E-state index is 12.4. The van der Waals surface area contributed by atoms with Gasteiger partial charge in [0.25, 0.3) is 0 Å². The second kappa shape index (κ2) is 8.64. The number of rotatable bonds is 7. The van der Waals surface area contributed by atoms with E-state index in [1.165, 1.54) is 14.2 Å². The molecule has 0 aromatic heterocycles. The van der Waals surface area contributed by atoms with E-state index in [-0.39, 0.29) is 19.5 Å². The first-order valence-corrected chi connectivity index (χ1v) is 7.54. The second-order valence-electron chi connectivity index (χ2n) is 5.50. The van der Waals surface area contributed by atoms with Crippen LogP contribution in [0.3, 0.4) is 0 Å². The summed E-state index contributed by atoms with van der Waals surface area (Å²) < 4.78 is 20.5. The molecule has 2 rings (SSSR count). The summed E-state index contributed by atoms with van der Waals surface area (Å²) in [6.45, 7) is 0.317. The van der Waals surface area contributed by atoms with Crippen molar-refractivity contribution in [2.45, 2.75) is 25.6 Å². The quantitative estimate of drug-likeness (QED) is 0.564. The van der Waals surface area contributed by atoms with Crippen molar-refractivity contribution in [1.29, 1.82) is 0 Å². The van der Waals surface area contributed by atoms with E-state index in [2.05, 4.69) is 0 Å². The van der Waals surface area contributed by atoms with E-state index < -0.39 is 23.8 Å². The summed E-state index contributed by atoms with van der Waals surface area (Å²) in [6, 6.07) is 9.41. The summed E-state index contributed by atoms with van der Waals surface area (Å²) in [7, 11) is 2.84. The minimum Gasteiger partial charge on any atom is -0.469 e. The molecule has 0 aliphatic heterocycles. The molecule has 1 aromatic rings. The Labute approximate surface area is 135 Å². The van der Waals surface area contributed by atoms with Crippen molar-refractivity contribution in [2.24, 2.45) is 11.8 Å². The van der Waals surface area contributed by atoms with Gasteiger partial charge >= 0.3 is 11.9 Å². The Balaban J connectivity index is 1.96. The van der Waals surface area contributed by atoms with E-state index in [1.54, 1.807) is 0 Å². The molecule has 0 N–H and O–H groups in total. The fourth-order valence-corrected chi connectivity index (χ4v) is 2.80. The van der Waals surface area contributed by atoms with E-state index in [0.29, 0.717) is 12.8 Å². The number of carbonyl (C=O) groups excluding carboxylic acids is 2. The molecule has 0 saturated heterocycles. The standard InChI is InChI=1S/C17H22O6/c1-20-11-23-13-8-14(16(18)21-2)15(9-13)17(19)22-10-12-6-4-3-5-7-12/h3-7,13-15H,8-11H2,1-2H3/t13-,14+,15-/m1/s1. The highest BCUT2D eigenvalue weighted by Crippen LogP contribution is 2.35. The van der Waals surface area contributed by atoms with E-state index >= 15 is 0 Å². The number of ether oxygens (including phenoxy) is 4. The van der Waals surface area contributed by atoms with Gasteiger partial charge in [0.15, 0.2) is 0 Å². The lowest BCUT2D eigenvalue weighted by molar-refractivity contribution is -0.158. The molecule has 126 valence electrons. The van der Waals surface area contributed by atoms with Gasteiger partial charge in [0.05, 0.1) is 25.0 Å². The Morgan fingerprint density at radius 1 is 1.04 bits per heavy atom. The summed E-state index contributed by atoms with van der Waals surface area (Å²) in [5.41, 5.74) is 0.903. The zero-order valence-corrected chi connectivity index (χ0v) is 13.4. The van der Waals surface area contributed by atoms with Crippen LogP contribution in [0.15, 0.2) is 30.3 Å². The molecule has 0 heterocycles. The third kappa shape index (κ3) is 4.77. The Morgan fingerprint density at radius 2 is 1.70 bits per heavy atom. The number of methoxy groups -OCH3 is 2. The van der Waals surface area contributed by atoms with Crippen LogP contribution < -0.4 is 0 Å². The van der Waals surface area contributed by atoms with E-state index in [9.17, 15) is 9.59 Å². The number of carbonyl (C=O) groups is 2. The topological polar surface area (TPSA) is 71.1 Å². The molecule has 1 fully saturated rings. The smallest absolute Gasteiger partial charge is 0.310 e. The SMILES string of the molecule is COCO[C@@H]1C[C@H](C(=O)OC)[C@H](C(=O)OCc2ccccc2)C1. The van der Waals surface area contributed by atoms with Crippen LogP contribution in [0.25, 0.3) is 0 Å². The Morgan fingerprint density at radius 3 is 2.30 bits per heavy atom. The summed E-state index contributed by atoms with van der Waals surface area (Å²) in [6.07, 6.45) is 0.645. The van der Waals surface area contributed by atoms with Crippen LogP contribution >= 0.6 is 0 Å². The van der Waals surface area contributed by atoms with Gasteiger partial charge in [-0.2, -0.15) is 0 Å². The monoisotopic (exact) mass is 322 g/mol. The molecule has 1 aliphatic carbocycles. The molecule has 0 bridgehead atoms. The largest absolute Gasteiger partial charge is 0.469 e. The predicted molar refractivity (Wildman–Crippen MR) is 81.2 cm³/mol. The number of esters is 2. The zero-order chi connectivity index (χ0) is 16.7. The van der Waals surface area contributed by atoms with Gasteiger partial charge in [0, 0.05) is 7.11 Å². The first-order valence-electron chi connectivity index (χ1n) is 7.54. The van der Waals surface area contributed by atoms with Crippen LogP contribution in [0.2, 0.25) is 0 Å². The maximum absolute atomic E-state index is 12.4.